The van der Waals surface area contributed by atoms with Crippen molar-refractivity contribution in [1.29, 1.82) is 0 Å². The van der Waals surface area contributed by atoms with E-state index >= 15 is 8.42 Å². The monoisotopic (exact) mass is 678 g/mol. The first-order chi connectivity index (χ1) is 22.6. The number of hydrogen-bond donors (Lipinski definition) is 1. The van der Waals surface area contributed by atoms with Gasteiger partial charge in [-0.05, 0) is 171 Å². The minimum atomic E-state index is -4.45. The van der Waals surface area contributed by atoms with E-state index in [9.17, 15) is 13.0 Å². The van der Waals surface area contributed by atoms with Gasteiger partial charge in [0, 0.05) is 5.56 Å². The summed E-state index contributed by atoms with van der Waals surface area (Å²) in [5, 5.41) is 0. The molecule has 7 aliphatic rings. The molecule has 9 unspecified atom stereocenters. The Kier molecular flexibility index (Phi) is 7.67. The van der Waals surface area contributed by atoms with E-state index in [0.717, 1.165) is 61.5 Å². The largest absolute Gasteiger partial charge is 0.379 e. The summed E-state index contributed by atoms with van der Waals surface area (Å²) in [6, 6.07) is 7.53. The van der Waals surface area contributed by atoms with Crippen molar-refractivity contribution in [3.05, 3.63) is 52.1 Å². The fourth-order valence-corrected chi connectivity index (χ4v) is 14.5. The third kappa shape index (κ3) is 5.42. The van der Waals surface area contributed by atoms with Crippen molar-refractivity contribution in [3.63, 3.8) is 0 Å². The fraction of sp³-hybridized carbons (Fsp3) is 0.692. The van der Waals surface area contributed by atoms with Gasteiger partial charge in [-0.3, -0.25) is 4.55 Å². The molecule has 6 fully saturated rings. The molecule has 9 atom stereocenters. The van der Waals surface area contributed by atoms with Gasteiger partial charge in [-0.15, -0.1) is 0 Å². The van der Waals surface area contributed by atoms with Gasteiger partial charge < -0.3 is 4.18 Å². The molecule has 254 valence electrons. The van der Waals surface area contributed by atoms with E-state index in [4.69, 9.17) is 4.18 Å². The lowest BCUT2D eigenvalue weighted by Gasteiger charge is -2.32. The summed E-state index contributed by atoms with van der Waals surface area (Å²) in [7, 11) is -8.70. The van der Waals surface area contributed by atoms with Gasteiger partial charge in [0.05, 0.1) is 4.90 Å². The van der Waals surface area contributed by atoms with Crippen LogP contribution in [0.4, 0.5) is 0 Å². The van der Waals surface area contributed by atoms with Crippen molar-refractivity contribution in [2.45, 2.75) is 143 Å². The Morgan fingerprint density at radius 2 is 1.11 bits per heavy atom. The Morgan fingerprint density at radius 3 is 1.57 bits per heavy atom. The maximum absolute atomic E-state index is 15.1. The van der Waals surface area contributed by atoms with E-state index in [-0.39, 0.29) is 22.5 Å². The second kappa shape index (κ2) is 11.6. The maximum Gasteiger partial charge on any atom is 0.339 e. The molecule has 9 rings (SSSR count). The van der Waals surface area contributed by atoms with Crippen LogP contribution in [0.15, 0.2) is 34.1 Å². The Balaban J connectivity index is 1.20. The van der Waals surface area contributed by atoms with Gasteiger partial charge >= 0.3 is 10.1 Å². The lowest BCUT2D eigenvalue weighted by molar-refractivity contribution is 0.392. The number of hydrogen-bond acceptors (Lipinski definition) is 5. The average molecular weight is 679 g/mol. The Labute approximate surface area is 281 Å². The third-order valence-electron chi connectivity index (χ3n) is 14.3. The summed E-state index contributed by atoms with van der Waals surface area (Å²) >= 11 is 0. The van der Waals surface area contributed by atoms with Gasteiger partial charge in [0.1, 0.15) is 10.6 Å². The first-order valence-electron chi connectivity index (χ1n) is 18.9. The molecule has 2 aromatic carbocycles. The zero-order chi connectivity index (χ0) is 32.1. The molecule has 47 heavy (non-hydrogen) atoms. The molecule has 6 saturated carbocycles. The van der Waals surface area contributed by atoms with E-state index in [2.05, 4.69) is 12.1 Å². The Morgan fingerprint density at radius 1 is 0.596 bits per heavy atom. The molecule has 0 spiro atoms. The van der Waals surface area contributed by atoms with Gasteiger partial charge in [-0.1, -0.05) is 44.2 Å². The summed E-state index contributed by atoms with van der Waals surface area (Å²) in [4.78, 5) is 0.345. The lowest BCUT2D eigenvalue weighted by Crippen LogP contribution is -2.23. The second-order valence-corrected chi connectivity index (χ2v) is 19.7. The topological polar surface area (TPSA) is 97.7 Å². The molecule has 2 aromatic rings. The molecule has 6 nitrogen and oxygen atoms in total. The molecule has 1 N–H and O–H groups in total. The Hall–Kier alpha value is -1.90. The van der Waals surface area contributed by atoms with Crippen LogP contribution in [-0.2, 0) is 33.1 Å². The summed E-state index contributed by atoms with van der Waals surface area (Å²) in [5.74, 6) is 5.26. The second-order valence-electron chi connectivity index (χ2n) is 16.8. The number of fused-ring (bicyclic) bond motifs is 7. The molecule has 0 aliphatic heterocycles. The average Bonchev–Trinajstić information content (AvgIpc) is 3.89. The first kappa shape index (κ1) is 31.1. The van der Waals surface area contributed by atoms with Crippen molar-refractivity contribution in [2.75, 3.05) is 0 Å². The minimum absolute atomic E-state index is 0.111. The van der Waals surface area contributed by atoms with Crippen LogP contribution in [0.25, 0.3) is 0 Å². The van der Waals surface area contributed by atoms with E-state index < -0.39 is 20.2 Å². The van der Waals surface area contributed by atoms with Gasteiger partial charge in [0.2, 0.25) is 0 Å². The predicted octanol–water partition coefficient (Wildman–Crippen LogP) is 9.07. The van der Waals surface area contributed by atoms with E-state index in [0.29, 0.717) is 58.5 Å². The Bertz CT molecular complexity index is 1750. The summed E-state index contributed by atoms with van der Waals surface area (Å²) in [6.07, 6.45) is 19.3. The SMILES string of the molecule is O=S(=O)(O)c1ccc(OS(=O)(=O)c2c(C3CC4CCC3C4)cc(C3CC4CCC3C4)cc2C2CC3CCC2C3)c2c1CCCCCC2. The van der Waals surface area contributed by atoms with Crippen molar-refractivity contribution in [1.82, 2.24) is 0 Å². The highest BCUT2D eigenvalue weighted by Gasteiger charge is 2.48. The van der Waals surface area contributed by atoms with Crippen LogP contribution in [0.3, 0.4) is 0 Å². The highest BCUT2D eigenvalue weighted by molar-refractivity contribution is 7.87. The molecule has 0 amide bonds. The number of rotatable bonds is 7. The van der Waals surface area contributed by atoms with Gasteiger partial charge in [-0.2, -0.15) is 16.8 Å². The molecular weight excluding hydrogens is 629 g/mol. The van der Waals surface area contributed by atoms with Crippen LogP contribution in [0.2, 0.25) is 0 Å². The summed E-state index contributed by atoms with van der Waals surface area (Å²) < 4.78 is 71.4. The molecule has 0 radical (unpaired) electrons. The molecule has 7 aliphatic carbocycles. The molecule has 6 bridgehead atoms. The van der Waals surface area contributed by atoms with Crippen molar-refractivity contribution < 1.29 is 25.6 Å². The molecule has 0 heterocycles. The number of benzene rings is 2. The molecule has 0 saturated heterocycles. The molecular formula is C39H50O6S2. The van der Waals surface area contributed by atoms with Crippen LogP contribution < -0.4 is 4.18 Å². The highest BCUT2D eigenvalue weighted by atomic mass is 32.2. The normalized spacial score (nSPS) is 36.1. The van der Waals surface area contributed by atoms with Crippen LogP contribution >= 0.6 is 0 Å². The zero-order valence-corrected chi connectivity index (χ0v) is 29.2. The standard InChI is InChI=1S/C39H50O6S2/c40-46(41,42)38-14-13-37(30-5-3-1-2-4-6-31(30)38)45-47(43,44)39-35(33-19-24-8-11-27(33)16-24)21-29(32-18-23-7-10-26(32)15-23)22-36(39)34-20-25-9-12-28(34)17-25/h13-14,21-28,32-34H,1-12,15-20H2,(H,40,41,42). The molecule has 8 heteroatoms. The van der Waals surface area contributed by atoms with E-state index in [1.165, 1.54) is 81.9 Å². The minimum Gasteiger partial charge on any atom is -0.379 e. The third-order valence-corrected chi connectivity index (χ3v) is 16.6. The van der Waals surface area contributed by atoms with Crippen LogP contribution in [-0.4, -0.2) is 21.4 Å². The van der Waals surface area contributed by atoms with Crippen molar-refractivity contribution >= 4 is 20.2 Å². The van der Waals surface area contributed by atoms with Crippen molar-refractivity contribution in [2.24, 2.45) is 35.5 Å². The van der Waals surface area contributed by atoms with Crippen LogP contribution in [0.1, 0.15) is 148 Å². The van der Waals surface area contributed by atoms with Crippen LogP contribution in [0.5, 0.6) is 5.75 Å². The van der Waals surface area contributed by atoms with Gasteiger partial charge in [0.15, 0.2) is 0 Å². The molecule has 0 aromatic heterocycles. The van der Waals surface area contributed by atoms with Crippen molar-refractivity contribution in [3.8, 4) is 5.75 Å². The quantitative estimate of drug-likeness (QED) is 0.232. The first-order valence-corrected chi connectivity index (χ1v) is 21.7. The summed E-state index contributed by atoms with van der Waals surface area (Å²) in [5.41, 5.74) is 4.62. The lowest BCUT2D eigenvalue weighted by atomic mass is 9.75. The van der Waals surface area contributed by atoms with Crippen LogP contribution in [0, 0.1) is 35.5 Å². The van der Waals surface area contributed by atoms with E-state index in [1.807, 2.05) is 0 Å². The zero-order valence-electron chi connectivity index (χ0n) is 27.5. The summed E-state index contributed by atoms with van der Waals surface area (Å²) in [6.45, 7) is 0. The van der Waals surface area contributed by atoms with Gasteiger partial charge in [-0.25, -0.2) is 0 Å². The smallest absolute Gasteiger partial charge is 0.339 e. The van der Waals surface area contributed by atoms with E-state index in [1.54, 1.807) is 0 Å². The predicted molar refractivity (Wildman–Crippen MR) is 181 cm³/mol. The fourth-order valence-electron chi connectivity index (χ4n) is 12.3. The highest BCUT2D eigenvalue weighted by Crippen LogP contribution is 2.60. The maximum atomic E-state index is 15.1. The van der Waals surface area contributed by atoms with Gasteiger partial charge in [0.25, 0.3) is 10.1 Å².